The second kappa shape index (κ2) is 6.41. The zero-order valence-corrected chi connectivity index (χ0v) is 9.54. The van der Waals surface area contributed by atoms with E-state index in [-0.39, 0.29) is 6.10 Å². The molecule has 0 aromatic carbocycles. The molecule has 0 radical (unpaired) electrons. The predicted molar refractivity (Wildman–Crippen MR) is 58.2 cm³/mol. The van der Waals surface area contributed by atoms with Gasteiger partial charge in [-0.25, -0.2) is 0 Å². The second-order valence-electron chi connectivity index (χ2n) is 4.92. The summed E-state index contributed by atoms with van der Waals surface area (Å²) in [6, 6.07) is 0. The highest BCUT2D eigenvalue weighted by molar-refractivity contribution is 4.67. The molecule has 14 heavy (non-hydrogen) atoms. The van der Waals surface area contributed by atoms with Crippen LogP contribution in [0.15, 0.2) is 0 Å². The summed E-state index contributed by atoms with van der Waals surface area (Å²) in [6.45, 7) is 6.17. The van der Waals surface area contributed by atoms with Crippen molar-refractivity contribution in [2.45, 2.75) is 52.1 Å². The van der Waals surface area contributed by atoms with E-state index in [0.717, 1.165) is 32.0 Å². The Morgan fingerprint density at radius 1 is 1.29 bits per heavy atom. The Morgan fingerprint density at radius 2 is 1.93 bits per heavy atom. The highest BCUT2D eigenvalue weighted by atomic mass is 16.5. The maximum Gasteiger partial charge on any atom is 0.0542 e. The molecule has 1 aliphatic rings. The van der Waals surface area contributed by atoms with Gasteiger partial charge in [-0.05, 0) is 43.9 Å². The quantitative estimate of drug-likeness (QED) is 0.739. The summed E-state index contributed by atoms with van der Waals surface area (Å²) in [6.07, 6.45) is 5.39. The summed E-state index contributed by atoms with van der Waals surface area (Å²) in [5, 5.41) is 9.72. The lowest BCUT2D eigenvalue weighted by Crippen LogP contribution is -2.18. The van der Waals surface area contributed by atoms with Gasteiger partial charge in [0.2, 0.25) is 0 Å². The third kappa shape index (κ3) is 4.97. The summed E-state index contributed by atoms with van der Waals surface area (Å²) >= 11 is 0. The molecular weight excluding hydrogens is 176 g/mol. The lowest BCUT2D eigenvalue weighted by molar-refractivity contribution is 0.0550. The van der Waals surface area contributed by atoms with Crippen LogP contribution in [0.3, 0.4) is 0 Å². The van der Waals surface area contributed by atoms with Crippen LogP contribution in [-0.4, -0.2) is 24.4 Å². The average Bonchev–Trinajstić information content (AvgIpc) is 2.15. The minimum atomic E-state index is -0.0853. The number of rotatable bonds is 5. The number of aliphatic hydroxyl groups excluding tert-OH is 1. The van der Waals surface area contributed by atoms with Crippen molar-refractivity contribution < 1.29 is 9.84 Å². The molecule has 1 atom stereocenters. The molecule has 0 bridgehead atoms. The lowest BCUT2D eigenvalue weighted by Gasteiger charge is -2.23. The maximum atomic E-state index is 9.72. The van der Waals surface area contributed by atoms with Crippen LogP contribution in [-0.2, 0) is 4.74 Å². The van der Waals surface area contributed by atoms with Crippen LogP contribution >= 0.6 is 0 Å². The summed E-state index contributed by atoms with van der Waals surface area (Å²) in [7, 11) is 0. The van der Waals surface area contributed by atoms with E-state index in [9.17, 15) is 5.11 Å². The van der Waals surface area contributed by atoms with Crippen LogP contribution in [0.4, 0.5) is 0 Å². The summed E-state index contributed by atoms with van der Waals surface area (Å²) < 4.78 is 5.31. The monoisotopic (exact) mass is 200 g/mol. The van der Waals surface area contributed by atoms with E-state index in [1.165, 1.54) is 19.3 Å². The first-order valence-corrected chi connectivity index (χ1v) is 5.94. The Balaban J connectivity index is 2.06. The second-order valence-corrected chi connectivity index (χ2v) is 4.92. The first-order valence-electron chi connectivity index (χ1n) is 5.94. The Bertz CT molecular complexity index is 139. The van der Waals surface area contributed by atoms with Gasteiger partial charge in [-0.3, -0.25) is 0 Å². The van der Waals surface area contributed by atoms with E-state index < -0.39 is 0 Å². The molecule has 1 rings (SSSR count). The lowest BCUT2D eigenvalue weighted by atomic mass is 9.92. The topological polar surface area (TPSA) is 29.5 Å². The number of hydrogen-bond donors (Lipinski definition) is 1. The van der Waals surface area contributed by atoms with Gasteiger partial charge in [0, 0.05) is 13.2 Å². The smallest absolute Gasteiger partial charge is 0.0542 e. The van der Waals surface area contributed by atoms with Gasteiger partial charge in [-0.15, -0.1) is 0 Å². The normalized spacial score (nSPS) is 21.4. The SMILES string of the molecule is CC(C)CC(O)CCC1CCOCC1. The molecule has 0 aromatic rings. The fraction of sp³-hybridized carbons (Fsp3) is 1.00. The van der Waals surface area contributed by atoms with Crippen LogP contribution in [0.1, 0.15) is 46.0 Å². The Hall–Kier alpha value is -0.0800. The molecule has 0 spiro atoms. The van der Waals surface area contributed by atoms with Crippen molar-refractivity contribution in [1.82, 2.24) is 0 Å². The third-order valence-corrected chi connectivity index (χ3v) is 2.99. The van der Waals surface area contributed by atoms with Crippen molar-refractivity contribution in [3.63, 3.8) is 0 Å². The Morgan fingerprint density at radius 3 is 2.50 bits per heavy atom. The van der Waals surface area contributed by atoms with E-state index in [2.05, 4.69) is 13.8 Å². The van der Waals surface area contributed by atoms with Gasteiger partial charge in [0.15, 0.2) is 0 Å². The predicted octanol–water partition coefficient (Wildman–Crippen LogP) is 2.60. The minimum Gasteiger partial charge on any atom is -0.393 e. The van der Waals surface area contributed by atoms with Gasteiger partial charge < -0.3 is 9.84 Å². The number of aliphatic hydroxyl groups is 1. The Kier molecular flexibility index (Phi) is 5.49. The van der Waals surface area contributed by atoms with Gasteiger partial charge in [0.25, 0.3) is 0 Å². The molecule has 1 N–H and O–H groups in total. The highest BCUT2D eigenvalue weighted by Gasteiger charge is 2.15. The van der Waals surface area contributed by atoms with Crippen LogP contribution in [0, 0.1) is 11.8 Å². The molecule has 1 fully saturated rings. The van der Waals surface area contributed by atoms with E-state index in [4.69, 9.17) is 4.74 Å². The molecule has 1 heterocycles. The zero-order valence-electron chi connectivity index (χ0n) is 9.54. The fourth-order valence-corrected chi connectivity index (χ4v) is 2.13. The van der Waals surface area contributed by atoms with Crippen LogP contribution in [0.5, 0.6) is 0 Å². The molecule has 0 aromatic heterocycles. The average molecular weight is 200 g/mol. The van der Waals surface area contributed by atoms with Crippen molar-refractivity contribution in [1.29, 1.82) is 0 Å². The first-order chi connectivity index (χ1) is 6.68. The van der Waals surface area contributed by atoms with E-state index in [1.807, 2.05) is 0 Å². The molecule has 1 aliphatic heterocycles. The number of ether oxygens (including phenoxy) is 1. The van der Waals surface area contributed by atoms with Gasteiger partial charge in [0.05, 0.1) is 6.10 Å². The standard InChI is InChI=1S/C12H24O2/c1-10(2)9-12(13)4-3-11-5-7-14-8-6-11/h10-13H,3-9H2,1-2H3. The van der Waals surface area contributed by atoms with Gasteiger partial charge in [-0.2, -0.15) is 0 Å². The van der Waals surface area contributed by atoms with Gasteiger partial charge >= 0.3 is 0 Å². The first kappa shape index (κ1) is 12.0. The van der Waals surface area contributed by atoms with E-state index in [1.54, 1.807) is 0 Å². The summed E-state index contributed by atoms with van der Waals surface area (Å²) in [5.41, 5.74) is 0. The maximum absolute atomic E-state index is 9.72. The highest BCUT2D eigenvalue weighted by Crippen LogP contribution is 2.22. The molecule has 0 aliphatic carbocycles. The molecule has 2 nitrogen and oxygen atoms in total. The van der Waals surface area contributed by atoms with Crippen LogP contribution < -0.4 is 0 Å². The van der Waals surface area contributed by atoms with Crippen molar-refractivity contribution in [2.75, 3.05) is 13.2 Å². The summed E-state index contributed by atoms with van der Waals surface area (Å²) in [4.78, 5) is 0. The van der Waals surface area contributed by atoms with Crippen molar-refractivity contribution in [3.8, 4) is 0 Å². The fourth-order valence-electron chi connectivity index (χ4n) is 2.13. The van der Waals surface area contributed by atoms with Crippen molar-refractivity contribution >= 4 is 0 Å². The van der Waals surface area contributed by atoms with Crippen molar-refractivity contribution in [3.05, 3.63) is 0 Å². The largest absolute Gasteiger partial charge is 0.393 e. The molecule has 0 saturated carbocycles. The number of hydrogen-bond acceptors (Lipinski definition) is 2. The molecule has 2 heteroatoms. The van der Waals surface area contributed by atoms with E-state index in [0.29, 0.717) is 5.92 Å². The van der Waals surface area contributed by atoms with Crippen LogP contribution in [0.2, 0.25) is 0 Å². The van der Waals surface area contributed by atoms with E-state index >= 15 is 0 Å². The minimum absolute atomic E-state index is 0.0853. The molecular formula is C12H24O2. The molecule has 1 saturated heterocycles. The van der Waals surface area contributed by atoms with Gasteiger partial charge in [-0.1, -0.05) is 13.8 Å². The summed E-state index contributed by atoms with van der Waals surface area (Å²) in [5.74, 6) is 1.41. The molecule has 84 valence electrons. The molecule has 1 unspecified atom stereocenters. The van der Waals surface area contributed by atoms with Gasteiger partial charge in [0.1, 0.15) is 0 Å². The Labute approximate surface area is 87.7 Å². The third-order valence-electron chi connectivity index (χ3n) is 2.99. The van der Waals surface area contributed by atoms with Crippen LogP contribution in [0.25, 0.3) is 0 Å². The zero-order chi connectivity index (χ0) is 10.4. The van der Waals surface area contributed by atoms with Crippen molar-refractivity contribution in [2.24, 2.45) is 11.8 Å². The molecule has 0 amide bonds.